The minimum absolute atomic E-state index is 0.231. The highest BCUT2D eigenvalue weighted by Crippen LogP contribution is 2.20. The molecule has 1 fully saturated rings. The molecule has 1 aliphatic rings. The lowest BCUT2D eigenvalue weighted by atomic mass is 10.0. The van der Waals surface area contributed by atoms with Crippen molar-refractivity contribution in [3.63, 3.8) is 0 Å². The SMILES string of the molecule is COc1nc(OC)nc(N2CCOCC(Cc3ccncn3)C2)n1. The van der Waals surface area contributed by atoms with E-state index in [1.54, 1.807) is 12.5 Å². The van der Waals surface area contributed by atoms with Gasteiger partial charge in [-0.1, -0.05) is 0 Å². The van der Waals surface area contributed by atoms with E-state index in [0.717, 1.165) is 18.7 Å². The van der Waals surface area contributed by atoms with Crippen LogP contribution in [0.15, 0.2) is 18.6 Å². The Morgan fingerprint density at radius 2 is 2.00 bits per heavy atom. The summed E-state index contributed by atoms with van der Waals surface area (Å²) in [6, 6.07) is 2.38. The summed E-state index contributed by atoms with van der Waals surface area (Å²) < 4.78 is 16.0. The second kappa shape index (κ2) is 7.82. The molecule has 0 bridgehead atoms. The molecular formula is C15H20N6O3. The normalized spacial score (nSPS) is 18.1. The smallest absolute Gasteiger partial charge is 0.324 e. The zero-order valence-electron chi connectivity index (χ0n) is 13.8. The Morgan fingerprint density at radius 3 is 2.67 bits per heavy atom. The second-order valence-electron chi connectivity index (χ2n) is 5.40. The first-order valence-corrected chi connectivity index (χ1v) is 7.70. The minimum atomic E-state index is 0.231. The Balaban J connectivity index is 1.77. The molecule has 2 aromatic heterocycles. The number of anilines is 1. The number of nitrogens with zero attached hydrogens (tertiary/aromatic N) is 6. The van der Waals surface area contributed by atoms with Crippen LogP contribution in [0.25, 0.3) is 0 Å². The Labute approximate surface area is 140 Å². The third-order valence-electron chi connectivity index (χ3n) is 3.71. The first-order chi connectivity index (χ1) is 11.8. The van der Waals surface area contributed by atoms with E-state index in [-0.39, 0.29) is 17.9 Å². The van der Waals surface area contributed by atoms with Crippen LogP contribution in [0.1, 0.15) is 5.69 Å². The van der Waals surface area contributed by atoms with Gasteiger partial charge in [0.15, 0.2) is 0 Å². The van der Waals surface area contributed by atoms with E-state index in [9.17, 15) is 0 Å². The van der Waals surface area contributed by atoms with Crippen LogP contribution in [0.4, 0.5) is 5.95 Å². The molecule has 0 aliphatic carbocycles. The van der Waals surface area contributed by atoms with Gasteiger partial charge in [0.2, 0.25) is 5.95 Å². The van der Waals surface area contributed by atoms with Crippen molar-refractivity contribution in [2.75, 3.05) is 45.4 Å². The fourth-order valence-corrected chi connectivity index (χ4v) is 2.57. The largest absolute Gasteiger partial charge is 0.467 e. The molecule has 9 nitrogen and oxygen atoms in total. The standard InChI is InChI=1S/C15H20N6O3/c1-22-14-18-13(19-15(20-14)23-2)21-5-6-24-9-11(8-21)7-12-3-4-16-10-17-12/h3-4,10-11H,5-9H2,1-2H3. The predicted octanol–water partition coefficient (Wildman–Crippen LogP) is 0.374. The van der Waals surface area contributed by atoms with Gasteiger partial charge >= 0.3 is 12.0 Å². The van der Waals surface area contributed by atoms with Crippen molar-refractivity contribution in [2.24, 2.45) is 5.92 Å². The monoisotopic (exact) mass is 332 g/mol. The Morgan fingerprint density at radius 1 is 1.21 bits per heavy atom. The van der Waals surface area contributed by atoms with Gasteiger partial charge in [-0.2, -0.15) is 9.97 Å². The lowest BCUT2D eigenvalue weighted by Crippen LogP contribution is -2.32. The van der Waals surface area contributed by atoms with E-state index in [1.807, 2.05) is 6.07 Å². The molecule has 2 aromatic rings. The van der Waals surface area contributed by atoms with E-state index < -0.39 is 0 Å². The van der Waals surface area contributed by atoms with Crippen LogP contribution in [0.3, 0.4) is 0 Å². The molecule has 3 heterocycles. The van der Waals surface area contributed by atoms with E-state index in [0.29, 0.717) is 25.7 Å². The second-order valence-corrected chi connectivity index (χ2v) is 5.40. The highest BCUT2D eigenvalue weighted by atomic mass is 16.5. The number of hydrogen-bond acceptors (Lipinski definition) is 9. The highest BCUT2D eigenvalue weighted by molar-refractivity contribution is 5.32. The average Bonchev–Trinajstić information content (AvgIpc) is 2.87. The van der Waals surface area contributed by atoms with Crippen molar-refractivity contribution >= 4 is 5.95 Å². The first kappa shape index (κ1) is 16.3. The quantitative estimate of drug-likeness (QED) is 0.769. The van der Waals surface area contributed by atoms with Crippen molar-refractivity contribution in [3.8, 4) is 12.0 Å². The molecule has 1 atom stereocenters. The Bertz CT molecular complexity index is 635. The van der Waals surface area contributed by atoms with Gasteiger partial charge in [0.1, 0.15) is 6.33 Å². The fraction of sp³-hybridized carbons (Fsp3) is 0.533. The molecule has 0 N–H and O–H groups in total. The van der Waals surface area contributed by atoms with Gasteiger partial charge in [-0.25, -0.2) is 9.97 Å². The van der Waals surface area contributed by atoms with Gasteiger partial charge < -0.3 is 19.1 Å². The van der Waals surface area contributed by atoms with Gasteiger partial charge in [-0.3, -0.25) is 0 Å². The van der Waals surface area contributed by atoms with Gasteiger partial charge in [-0.15, -0.1) is 4.98 Å². The predicted molar refractivity (Wildman–Crippen MR) is 85.2 cm³/mol. The van der Waals surface area contributed by atoms with Gasteiger partial charge in [0, 0.05) is 30.9 Å². The van der Waals surface area contributed by atoms with Crippen LogP contribution in [0.5, 0.6) is 12.0 Å². The molecule has 1 unspecified atom stereocenters. The van der Waals surface area contributed by atoms with Crippen LogP contribution in [-0.4, -0.2) is 65.4 Å². The number of ether oxygens (including phenoxy) is 3. The Hall–Kier alpha value is -2.55. The van der Waals surface area contributed by atoms with E-state index >= 15 is 0 Å². The summed E-state index contributed by atoms with van der Waals surface area (Å²) in [6.07, 6.45) is 4.12. The summed E-state index contributed by atoms with van der Waals surface area (Å²) in [5.41, 5.74) is 0.992. The molecule has 24 heavy (non-hydrogen) atoms. The lowest BCUT2D eigenvalue weighted by molar-refractivity contribution is 0.123. The summed E-state index contributed by atoms with van der Waals surface area (Å²) in [5.74, 6) is 0.799. The van der Waals surface area contributed by atoms with Crippen molar-refractivity contribution in [2.45, 2.75) is 6.42 Å². The molecule has 0 saturated carbocycles. The first-order valence-electron chi connectivity index (χ1n) is 7.70. The highest BCUT2D eigenvalue weighted by Gasteiger charge is 2.23. The summed E-state index contributed by atoms with van der Waals surface area (Å²) in [4.78, 5) is 23.0. The van der Waals surface area contributed by atoms with E-state index in [4.69, 9.17) is 14.2 Å². The van der Waals surface area contributed by atoms with Gasteiger partial charge in [0.05, 0.1) is 27.4 Å². The summed E-state index contributed by atoms with van der Waals surface area (Å²) in [6.45, 7) is 2.72. The number of aromatic nitrogens is 5. The van der Waals surface area contributed by atoms with Crippen molar-refractivity contribution in [1.82, 2.24) is 24.9 Å². The summed E-state index contributed by atoms with van der Waals surface area (Å²) in [7, 11) is 3.03. The Kier molecular flexibility index (Phi) is 5.32. The van der Waals surface area contributed by atoms with Crippen LogP contribution in [0, 0.1) is 5.92 Å². The minimum Gasteiger partial charge on any atom is -0.467 e. The third-order valence-corrected chi connectivity index (χ3v) is 3.71. The van der Waals surface area contributed by atoms with E-state index in [1.165, 1.54) is 14.2 Å². The number of hydrogen-bond donors (Lipinski definition) is 0. The zero-order valence-corrected chi connectivity index (χ0v) is 13.8. The molecule has 0 aromatic carbocycles. The number of methoxy groups -OCH3 is 2. The average molecular weight is 332 g/mol. The maximum atomic E-state index is 5.73. The van der Waals surface area contributed by atoms with Crippen molar-refractivity contribution in [1.29, 1.82) is 0 Å². The summed E-state index contributed by atoms with van der Waals surface area (Å²) >= 11 is 0. The maximum Gasteiger partial charge on any atom is 0.324 e. The molecular weight excluding hydrogens is 312 g/mol. The molecule has 0 radical (unpaired) electrons. The van der Waals surface area contributed by atoms with Crippen molar-refractivity contribution in [3.05, 3.63) is 24.3 Å². The molecule has 0 spiro atoms. The molecule has 128 valence electrons. The van der Waals surface area contributed by atoms with Gasteiger partial charge in [0.25, 0.3) is 0 Å². The molecule has 3 rings (SSSR count). The number of rotatable bonds is 5. The molecule has 1 aliphatic heterocycles. The fourth-order valence-electron chi connectivity index (χ4n) is 2.57. The lowest BCUT2D eigenvalue weighted by Gasteiger charge is -2.23. The molecule has 1 saturated heterocycles. The van der Waals surface area contributed by atoms with Crippen LogP contribution >= 0.6 is 0 Å². The molecule has 9 heteroatoms. The summed E-state index contributed by atoms with van der Waals surface area (Å²) in [5, 5.41) is 0. The third kappa shape index (κ3) is 4.05. The topological polar surface area (TPSA) is 95.4 Å². The molecule has 0 amide bonds. The van der Waals surface area contributed by atoms with Crippen LogP contribution < -0.4 is 14.4 Å². The van der Waals surface area contributed by atoms with E-state index in [2.05, 4.69) is 29.8 Å². The van der Waals surface area contributed by atoms with Crippen molar-refractivity contribution < 1.29 is 14.2 Å². The van der Waals surface area contributed by atoms with Gasteiger partial charge in [-0.05, 0) is 12.5 Å². The van der Waals surface area contributed by atoms with Crippen LogP contribution in [0.2, 0.25) is 0 Å². The maximum absolute atomic E-state index is 5.73. The zero-order chi connectivity index (χ0) is 16.8. The van der Waals surface area contributed by atoms with Crippen LogP contribution in [-0.2, 0) is 11.2 Å².